The maximum Gasteiger partial charge on any atom is 0.251 e. The topological polar surface area (TPSA) is 69.3 Å². The molecule has 2 heterocycles. The fourth-order valence-corrected chi connectivity index (χ4v) is 2.44. The highest BCUT2D eigenvalue weighted by Gasteiger charge is 2.35. The number of anilines is 1. The van der Waals surface area contributed by atoms with E-state index in [4.69, 9.17) is 0 Å². The number of fused-ring (bicyclic) bond motifs is 1. The first-order valence-corrected chi connectivity index (χ1v) is 6.50. The third kappa shape index (κ3) is 1.80. The summed E-state index contributed by atoms with van der Waals surface area (Å²) >= 11 is 0. The monoisotopic (exact) mass is 272 g/mol. The fraction of sp³-hybridized carbons (Fsp3) is 0.357. The molecule has 0 saturated carbocycles. The van der Waals surface area contributed by atoms with E-state index in [1.807, 2.05) is 0 Å². The van der Waals surface area contributed by atoms with Crippen LogP contribution in [0.2, 0.25) is 0 Å². The Labute approximate surface area is 116 Å². The van der Waals surface area contributed by atoms with Gasteiger partial charge in [0.25, 0.3) is 5.78 Å². The normalized spacial score (nSPS) is 20.6. The number of nitrogens with one attached hydrogen (secondary N) is 1. The average Bonchev–Trinajstić information content (AvgIpc) is 2.89. The minimum Gasteiger partial charge on any atom is -0.340 e. The molecule has 3 rings (SSSR count). The third-order valence-corrected chi connectivity index (χ3v) is 3.85. The highest BCUT2D eigenvalue weighted by atomic mass is 16.2. The van der Waals surface area contributed by atoms with Crippen LogP contribution in [0, 0.1) is 0 Å². The lowest BCUT2D eigenvalue weighted by Crippen LogP contribution is -2.45. The van der Waals surface area contributed by atoms with E-state index >= 15 is 0 Å². The van der Waals surface area contributed by atoms with Crippen LogP contribution >= 0.6 is 0 Å². The maximum absolute atomic E-state index is 12.0. The van der Waals surface area contributed by atoms with Crippen molar-refractivity contribution in [2.75, 3.05) is 38.1 Å². The molecule has 0 atom stereocenters. The summed E-state index contributed by atoms with van der Waals surface area (Å²) in [5.74, 6) is -0.554. The van der Waals surface area contributed by atoms with E-state index < -0.39 is 11.6 Å². The van der Waals surface area contributed by atoms with Crippen molar-refractivity contribution in [3.8, 4) is 0 Å². The van der Waals surface area contributed by atoms with Crippen LogP contribution in [0.4, 0.5) is 5.95 Å². The van der Waals surface area contributed by atoms with Crippen LogP contribution < -0.4 is 4.90 Å². The number of hydrogen-bond donors (Lipinski definition) is 1. The number of H-pyrrole nitrogens is 1. The van der Waals surface area contributed by atoms with Gasteiger partial charge in [0.15, 0.2) is 0 Å². The van der Waals surface area contributed by atoms with Gasteiger partial charge < -0.3 is 14.8 Å². The molecule has 0 amide bonds. The molecule has 6 nitrogen and oxygen atoms in total. The molecule has 1 saturated heterocycles. The Morgan fingerprint density at radius 1 is 1.05 bits per heavy atom. The van der Waals surface area contributed by atoms with Gasteiger partial charge in [0, 0.05) is 37.3 Å². The van der Waals surface area contributed by atoms with Crippen molar-refractivity contribution in [1.82, 2.24) is 14.9 Å². The van der Waals surface area contributed by atoms with Crippen molar-refractivity contribution in [2.24, 2.45) is 0 Å². The highest BCUT2D eigenvalue weighted by molar-refractivity contribution is 6.54. The number of ketones is 2. The van der Waals surface area contributed by atoms with E-state index in [1.165, 1.54) is 0 Å². The van der Waals surface area contributed by atoms with E-state index in [1.54, 1.807) is 0 Å². The molecule has 0 unspecified atom stereocenters. The first-order valence-electron chi connectivity index (χ1n) is 6.50. The van der Waals surface area contributed by atoms with Crippen LogP contribution in [-0.2, 0) is 4.79 Å². The van der Waals surface area contributed by atoms with Crippen molar-refractivity contribution in [3.05, 3.63) is 30.1 Å². The van der Waals surface area contributed by atoms with Gasteiger partial charge in [-0.1, -0.05) is 13.2 Å². The number of carbonyl (C=O) groups excluding carboxylic acids is 2. The highest BCUT2D eigenvalue weighted by Crippen LogP contribution is 2.31. The van der Waals surface area contributed by atoms with Gasteiger partial charge in [-0.15, -0.1) is 0 Å². The molecular formula is C14H16N4O2. The van der Waals surface area contributed by atoms with Crippen LogP contribution in [-0.4, -0.2) is 59.7 Å². The number of aromatic amines is 1. The Bertz CT molecular complexity index is 592. The Kier molecular flexibility index (Phi) is 2.83. The molecule has 2 aliphatic rings. The number of hydrogen-bond acceptors (Lipinski definition) is 5. The van der Waals surface area contributed by atoms with Gasteiger partial charge in [0.1, 0.15) is 11.4 Å². The summed E-state index contributed by atoms with van der Waals surface area (Å²) in [5.41, 5.74) is 1.26. The zero-order valence-electron chi connectivity index (χ0n) is 11.4. The molecule has 0 bridgehead atoms. The molecule has 1 aliphatic heterocycles. The van der Waals surface area contributed by atoms with Crippen molar-refractivity contribution in [3.63, 3.8) is 0 Å². The Balaban J connectivity index is 1.96. The van der Waals surface area contributed by atoms with E-state index in [-0.39, 0.29) is 11.3 Å². The number of aromatic nitrogens is 2. The van der Waals surface area contributed by atoms with E-state index in [0.717, 1.165) is 26.2 Å². The zero-order valence-corrected chi connectivity index (χ0v) is 11.4. The largest absolute Gasteiger partial charge is 0.340 e. The van der Waals surface area contributed by atoms with Gasteiger partial charge in [0.2, 0.25) is 11.7 Å². The second-order valence-electron chi connectivity index (χ2n) is 5.19. The Hall–Kier alpha value is -2.21. The molecule has 1 aromatic heterocycles. The molecule has 20 heavy (non-hydrogen) atoms. The molecule has 1 fully saturated rings. The van der Waals surface area contributed by atoms with Crippen LogP contribution in [0.5, 0.6) is 0 Å². The number of piperazine rings is 1. The minimum absolute atomic E-state index is 0.138. The smallest absolute Gasteiger partial charge is 0.251 e. The predicted octanol–water partition coefficient (Wildman–Crippen LogP) is 0.496. The second-order valence-corrected chi connectivity index (χ2v) is 5.19. The number of carbonyl (C=O) groups is 2. The number of nitrogens with zero attached hydrogens (tertiary/aromatic N) is 3. The molecule has 0 aromatic carbocycles. The number of rotatable bonds is 1. The van der Waals surface area contributed by atoms with Crippen LogP contribution in [0.25, 0.3) is 5.57 Å². The van der Waals surface area contributed by atoms with Gasteiger partial charge in [0.05, 0.1) is 0 Å². The first-order chi connectivity index (χ1) is 9.49. The molecular weight excluding hydrogens is 256 g/mol. The Morgan fingerprint density at radius 2 is 1.70 bits per heavy atom. The zero-order chi connectivity index (χ0) is 14.4. The summed E-state index contributed by atoms with van der Waals surface area (Å²) in [5, 5.41) is 0. The van der Waals surface area contributed by atoms with Crippen molar-refractivity contribution in [1.29, 1.82) is 0 Å². The van der Waals surface area contributed by atoms with Gasteiger partial charge >= 0.3 is 0 Å². The first kappa shape index (κ1) is 12.8. The lowest BCUT2D eigenvalue weighted by atomic mass is 9.90. The molecule has 1 aromatic rings. The van der Waals surface area contributed by atoms with Gasteiger partial charge in [-0.3, -0.25) is 9.59 Å². The third-order valence-electron chi connectivity index (χ3n) is 3.85. The summed E-state index contributed by atoms with van der Waals surface area (Å²) in [6.45, 7) is 11.0. The van der Waals surface area contributed by atoms with Crippen molar-refractivity contribution < 1.29 is 9.59 Å². The molecule has 0 spiro atoms. The van der Waals surface area contributed by atoms with Crippen LogP contribution in [0.15, 0.2) is 18.7 Å². The second kappa shape index (κ2) is 4.42. The number of allylic oxidation sites excluding steroid dienone is 2. The molecule has 1 N–H and O–H groups in total. The fourth-order valence-electron chi connectivity index (χ4n) is 2.44. The SMILES string of the molecule is C=C1C(=C)c2nc(N3CCN(C)CC3)[nH]c2C(=O)C1=O. The molecule has 104 valence electrons. The lowest BCUT2D eigenvalue weighted by molar-refractivity contribution is -0.111. The molecule has 1 aliphatic carbocycles. The molecule has 0 radical (unpaired) electrons. The number of Topliss-reactive ketones (excluding diaryl/α,β-unsaturated/α-hetero) is 2. The van der Waals surface area contributed by atoms with Crippen LogP contribution in [0.3, 0.4) is 0 Å². The summed E-state index contributed by atoms with van der Waals surface area (Å²) < 4.78 is 0. The van der Waals surface area contributed by atoms with Crippen molar-refractivity contribution >= 4 is 23.1 Å². The van der Waals surface area contributed by atoms with Gasteiger partial charge in [-0.25, -0.2) is 4.98 Å². The quantitative estimate of drug-likeness (QED) is 0.595. The standard InChI is InChI=1S/C14H16N4O2/c1-8-9(2)12(19)13(20)11-10(8)15-14(16-11)18-6-4-17(3)5-7-18/h1-2,4-7H2,3H3,(H,15,16). The summed E-state index contributed by atoms with van der Waals surface area (Å²) in [7, 11) is 2.07. The lowest BCUT2D eigenvalue weighted by Gasteiger charge is -2.32. The van der Waals surface area contributed by atoms with E-state index in [9.17, 15) is 9.59 Å². The number of likely N-dealkylation sites (N-methyl/N-ethyl adjacent to an activating group) is 1. The van der Waals surface area contributed by atoms with Crippen molar-refractivity contribution in [2.45, 2.75) is 0 Å². The predicted molar refractivity (Wildman–Crippen MR) is 75.8 cm³/mol. The summed E-state index contributed by atoms with van der Waals surface area (Å²) in [4.78, 5) is 35.4. The van der Waals surface area contributed by atoms with Gasteiger partial charge in [-0.2, -0.15) is 0 Å². The summed E-state index contributed by atoms with van der Waals surface area (Å²) in [6.07, 6.45) is 0. The number of imidazole rings is 1. The molecule has 6 heteroatoms. The van der Waals surface area contributed by atoms with Gasteiger partial charge in [-0.05, 0) is 7.05 Å². The maximum atomic E-state index is 12.0. The van der Waals surface area contributed by atoms with Crippen LogP contribution in [0.1, 0.15) is 16.2 Å². The van der Waals surface area contributed by atoms with E-state index in [2.05, 4.69) is 40.0 Å². The minimum atomic E-state index is -0.601. The van der Waals surface area contributed by atoms with E-state index in [0.29, 0.717) is 17.2 Å². The average molecular weight is 272 g/mol. The summed E-state index contributed by atoms with van der Waals surface area (Å²) in [6, 6.07) is 0. The Morgan fingerprint density at radius 3 is 2.35 bits per heavy atom.